The second-order valence-electron chi connectivity index (χ2n) is 5.50. The van der Waals surface area contributed by atoms with Crippen molar-refractivity contribution in [3.05, 3.63) is 35.5 Å². The number of nitrogens with one attached hydrogen (secondary N) is 2. The minimum atomic E-state index is 0.000000000000000222. The van der Waals surface area contributed by atoms with Gasteiger partial charge in [-0.05, 0) is 55.2 Å². The third kappa shape index (κ3) is 2.39. The molecule has 4 rings (SSSR count). The first-order valence-electron chi connectivity index (χ1n) is 7.04. The fourth-order valence-corrected chi connectivity index (χ4v) is 3.53. The number of nitrogens with two attached hydrogens (primary N) is 2. The third-order valence-electron chi connectivity index (χ3n) is 4.24. The number of aromatic nitrogens is 1. The molecular weight excluding hydrogens is 268 g/mol. The normalized spacial score (nSPS) is 23.6. The molecule has 1 aromatic heterocycles. The van der Waals surface area contributed by atoms with Crippen LogP contribution in [0.15, 0.2) is 24.4 Å². The number of piperidine rings is 1. The Morgan fingerprint density at radius 3 is 2.90 bits per heavy atom. The van der Waals surface area contributed by atoms with E-state index in [1.165, 1.54) is 42.3 Å². The van der Waals surface area contributed by atoms with E-state index in [0.717, 1.165) is 5.92 Å². The van der Waals surface area contributed by atoms with Crippen molar-refractivity contribution in [2.24, 2.45) is 11.5 Å². The Morgan fingerprint density at radius 2 is 2.10 bits per heavy atom. The van der Waals surface area contributed by atoms with Gasteiger partial charge in [0.05, 0.1) is 0 Å². The molecular formula is C15H20N4S. The van der Waals surface area contributed by atoms with Crippen LogP contribution in [-0.4, -0.2) is 22.7 Å². The Hall–Kier alpha value is -1.59. The summed E-state index contributed by atoms with van der Waals surface area (Å²) in [6, 6.07) is 7.37. The predicted molar refractivity (Wildman–Crippen MR) is 86.7 cm³/mol. The van der Waals surface area contributed by atoms with E-state index in [9.17, 15) is 0 Å². The minimum Gasteiger partial charge on any atom is -0.377 e. The van der Waals surface area contributed by atoms with Crippen molar-refractivity contribution in [3.8, 4) is 0 Å². The molecule has 106 valence electrons. The van der Waals surface area contributed by atoms with E-state index in [1.807, 2.05) is 0 Å². The van der Waals surface area contributed by atoms with Gasteiger partial charge in [0.1, 0.15) is 0 Å². The van der Waals surface area contributed by atoms with E-state index in [1.54, 1.807) is 5.56 Å². The summed E-state index contributed by atoms with van der Waals surface area (Å²) in [5.74, 6) is 0.737. The molecule has 1 fully saturated rings. The zero-order valence-electron chi connectivity index (χ0n) is 11.4. The van der Waals surface area contributed by atoms with Crippen LogP contribution >= 0.6 is 12.2 Å². The average molecular weight is 288 g/mol. The van der Waals surface area contributed by atoms with E-state index in [2.05, 4.69) is 58.4 Å². The molecule has 4 nitrogen and oxygen atoms in total. The SMILES string of the molecule is NC(N)=S.c1cc2c3c(c[nH]c3c1)C[C@H]1NCCC[C@H]21. The number of benzene rings is 1. The van der Waals surface area contributed by atoms with E-state index in [4.69, 9.17) is 0 Å². The van der Waals surface area contributed by atoms with Gasteiger partial charge in [-0.15, -0.1) is 0 Å². The molecule has 0 saturated carbocycles. The smallest absolute Gasteiger partial charge is 0.160 e. The number of thiocarbonyl (C=S) groups is 1. The fourth-order valence-electron chi connectivity index (χ4n) is 3.53. The largest absolute Gasteiger partial charge is 0.377 e. The molecule has 0 spiro atoms. The van der Waals surface area contributed by atoms with Crippen molar-refractivity contribution in [2.75, 3.05) is 6.54 Å². The molecule has 1 aliphatic heterocycles. The van der Waals surface area contributed by atoms with Gasteiger partial charge in [-0.2, -0.15) is 0 Å². The maximum atomic E-state index is 4.62. The molecule has 0 unspecified atom stereocenters. The highest BCUT2D eigenvalue weighted by molar-refractivity contribution is 7.80. The van der Waals surface area contributed by atoms with Gasteiger partial charge in [0.2, 0.25) is 0 Å². The van der Waals surface area contributed by atoms with E-state index in [0.29, 0.717) is 6.04 Å². The molecule has 5 heteroatoms. The Morgan fingerprint density at radius 1 is 1.30 bits per heavy atom. The van der Waals surface area contributed by atoms with Gasteiger partial charge in [-0.3, -0.25) is 0 Å². The Bertz CT molecular complexity index is 630. The van der Waals surface area contributed by atoms with Crippen molar-refractivity contribution in [1.82, 2.24) is 10.3 Å². The monoisotopic (exact) mass is 288 g/mol. The summed E-state index contributed by atoms with van der Waals surface area (Å²) >= 11 is 4.09. The lowest BCUT2D eigenvalue weighted by Gasteiger charge is -2.36. The Kier molecular flexibility index (Phi) is 3.63. The minimum absolute atomic E-state index is 0.000000000000000222. The lowest BCUT2D eigenvalue weighted by molar-refractivity contribution is 0.345. The standard InChI is InChI=1S/C14H16N2.CH4N2S/c1-3-11-10-4-2-6-15-13(10)7-9-8-16-12(5-1)14(9)11;2-1(3)4/h1,3,5,8,10,13,15-16H,2,4,6-7H2;(H4,2,3,4)/t10-,13-;/m1./s1. The van der Waals surface area contributed by atoms with Crippen LogP contribution in [0.1, 0.15) is 29.9 Å². The Balaban J connectivity index is 0.000000272. The molecule has 1 aromatic carbocycles. The number of fused-ring (bicyclic) bond motifs is 2. The molecule has 6 N–H and O–H groups in total. The van der Waals surface area contributed by atoms with Crippen molar-refractivity contribution < 1.29 is 0 Å². The number of hydrogen-bond donors (Lipinski definition) is 4. The van der Waals surface area contributed by atoms with Gasteiger partial charge in [-0.1, -0.05) is 12.1 Å². The molecule has 0 bridgehead atoms. The molecule has 1 saturated heterocycles. The molecule has 0 radical (unpaired) electrons. The average Bonchev–Trinajstić information content (AvgIpc) is 2.83. The summed E-state index contributed by atoms with van der Waals surface area (Å²) in [5, 5.41) is 5.19. The number of H-pyrrole nitrogens is 1. The quantitative estimate of drug-likeness (QED) is 0.557. The number of aromatic amines is 1. The highest BCUT2D eigenvalue weighted by Gasteiger charge is 2.32. The van der Waals surface area contributed by atoms with Crippen LogP contribution in [0.3, 0.4) is 0 Å². The summed E-state index contributed by atoms with van der Waals surface area (Å²) in [7, 11) is 0. The van der Waals surface area contributed by atoms with Crippen LogP contribution in [0.25, 0.3) is 10.9 Å². The zero-order chi connectivity index (χ0) is 14.1. The van der Waals surface area contributed by atoms with Gasteiger partial charge < -0.3 is 21.8 Å². The van der Waals surface area contributed by atoms with Crippen LogP contribution in [0.5, 0.6) is 0 Å². The summed E-state index contributed by atoms with van der Waals surface area (Å²) in [4.78, 5) is 3.40. The van der Waals surface area contributed by atoms with Gasteiger partial charge in [0.15, 0.2) is 5.11 Å². The van der Waals surface area contributed by atoms with Crippen molar-refractivity contribution in [3.63, 3.8) is 0 Å². The molecule has 2 atom stereocenters. The number of hydrogen-bond acceptors (Lipinski definition) is 2. The molecule has 2 heterocycles. The van der Waals surface area contributed by atoms with Crippen molar-refractivity contribution in [2.45, 2.75) is 31.2 Å². The van der Waals surface area contributed by atoms with E-state index >= 15 is 0 Å². The van der Waals surface area contributed by atoms with Crippen molar-refractivity contribution >= 4 is 28.2 Å². The van der Waals surface area contributed by atoms with Gasteiger partial charge >= 0.3 is 0 Å². The first kappa shape index (κ1) is 13.4. The summed E-state index contributed by atoms with van der Waals surface area (Å²) in [5.41, 5.74) is 13.6. The van der Waals surface area contributed by atoms with Gasteiger partial charge in [0.25, 0.3) is 0 Å². The molecule has 20 heavy (non-hydrogen) atoms. The van der Waals surface area contributed by atoms with Crippen LogP contribution < -0.4 is 16.8 Å². The summed E-state index contributed by atoms with van der Waals surface area (Å²) in [6.07, 6.45) is 6.06. The fraction of sp³-hybridized carbons (Fsp3) is 0.400. The summed E-state index contributed by atoms with van der Waals surface area (Å²) < 4.78 is 0. The second-order valence-corrected chi connectivity index (χ2v) is 5.97. The molecule has 0 amide bonds. The van der Waals surface area contributed by atoms with Crippen LogP contribution in [0.2, 0.25) is 0 Å². The van der Waals surface area contributed by atoms with Crippen molar-refractivity contribution in [1.29, 1.82) is 0 Å². The zero-order valence-corrected chi connectivity index (χ0v) is 12.2. The molecule has 2 aliphatic rings. The van der Waals surface area contributed by atoms with E-state index in [-0.39, 0.29) is 5.11 Å². The topological polar surface area (TPSA) is 79.9 Å². The maximum Gasteiger partial charge on any atom is 0.160 e. The molecule has 1 aliphatic carbocycles. The lowest BCUT2D eigenvalue weighted by atomic mass is 9.76. The number of rotatable bonds is 0. The van der Waals surface area contributed by atoms with Crippen LogP contribution in [0, 0.1) is 0 Å². The highest BCUT2D eigenvalue weighted by atomic mass is 32.1. The maximum absolute atomic E-state index is 4.62. The van der Waals surface area contributed by atoms with Crippen LogP contribution in [-0.2, 0) is 6.42 Å². The Labute approximate surface area is 123 Å². The van der Waals surface area contributed by atoms with E-state index < -0.39 is 0 Å². The van der Waals surface area contributed by atoms with Gasteiger partial charge in [0, 0.05) is 29.1 Å². The van der Waals surface area contributed by atoms with Crippen LogP contribution in [0.4, 0.5) is 0 Å². The first-order chi connectivity index (χ1) is 9.66. The first-order valence-corrected chi connectivity index (χ1v) is 7.45. The van der Waals surface area contributed by atoms with Gasteiger partial charge in [-0.25, -0.2) is 0 Å². The molecule has 2 aromatic rings. The second kappa shape index (κ2) is 5.42. The summed E-state index contributed by atoms with van der Waals surface area (Å²) in [6.45, 7) is 1.19. The lowest BCUT2D eigenvalue weighted by Crippen LogP contribution is -2.43. The predicted octanol–water partition coefficient (Wildman–Crippen LogP) is 1.75. The third-order valence-corrected chi connectivity index (χ3v) is 4.24. The highest BCUT2D eigenvalue weighted by Crippen LogP contribution is 2.40.